The quantitative estimate of drug-likeness (QED) is 0.587. The van der Waals surface area contributed by atoms with Crippen LogP contribution >= 0.6 is 0 Å². The lowest BCUT2D eigenvalue weighted by atomic mass is 10.1. The smallest absolute Gasteiger partial charge is 0.234 e. The van der Waals surface area contributed by atoms with Crippen LogP contribution < -0.4 is 15.1 Å². The minimum atomic E-state index is -0.306. The van der Waals surface area contributed by atoms with Crippen LogP contribution in [-0.4, -0.2) is 57.4 Å². The molecule has 0 radical (unpaired) electrons. The van der Waals surface area contributed by atoms with E-state index in [1.807, 2.05) is 55.1 Å². The summed E-state index contributed by atoms with van der Waals surface area (Å²) in [6, 6.07) is 9.78. The Kier molecular flexibility index (Phi) is 6.36. The van der Waals surface area contributed by atoms with Crippen molar-refractivity contribution in [2.75, 3.05) is 50.6 Å². The fourth-order valence-electron chi connectivity index (χ4n) is 3.00. The highest BCUT2D eigenvalue weighted by atomic mass is 16.2. The van der Waals surface area contributed by atoms with Crippen molar-refractivity contribution < 1.29 is 9.59 Å². The second-order valence-corrected chi connectivity index (χ2v) is 6.36. The van der Waals surface area contributed by atoms with Crippen LogP contribution in [0.4, 0.5) is 11.4 Å². The molecular formula is C19H25N5O2. The van der Waals surface area contributed by atoms with E-state index in [4.69, 9.17) is 0 Å². The molecule has 0 spiro atoms. The van der Waals surface area contributed by atoms with Crippen LogP contribution in [0.2, 0.25) is 0 Å². The number of rotatable bonds is 7. The molecule has 0 bridgehead atoms. The Labute approximate surface area is 154 Å². The molecular weight excluding hydrogens is 330 g/mol. The molecule has 0 aliphatic carbocycles. The van der Waals surface area contributed by atoms with E-state index in [0.29, 0.717) is 12.4 Å². The Morgan fingerprint density at radius 2 is 1.73 bits per heavy atom. The highest BCUT2D eigenvalue weighted by Gasteiger charge is 2.31. The summed E-state index contributed by atoms with van der Waals surface area (Å²) < 4.78 is 0. The topological polar surface area (TPSA) is 79.7 Å². The van der Waals surface area contributed by atoms with Crippen LogP contribution in [0.1, 0.15) is 13.3 Å². The van der Waals surface area contributed by atoms with Gasteiger partial charge in [-0.1, -0.05) is 19.1 Å². The van der Waals surface area contributed by atoms with Crippen molar-refractivity contribution in [3.05, 3.63) is 35.7 Å². The number of nitrogens with one attached hydrogen (secondary N) is 1. The van der Waals surface area contributed by atoms with Gasteiger partial charge in [0.15, 0.2) is 5.78 Å². The molecule has 0 saturated heterocycles. The maximum absolute atomic E-state index is 12.7. The Hall–Kier alpha value is -2.85. The number of carbonyl (C=O) groups is 2. The van der Waals surface area contributed by atoms with Crippen LogP contribution in [0.25, 0.3) is 0 Å². The molecule has 1 aromatic rings. The number of fused-ring (bicyclic) bond motifs is 1. The van der Waals surface area contributed by atoms with Gasteiger partial charge in [-0.05, 0) is 25.6 Å². The molecule has 138 valence electrons. The minimum Gasteiger partial charge on any atom is -0.355 e. The summed E-state index contributed by atoms with van der Waals surface area (Å²) >= 11 is 0. The first-order chi connectivity index (χ1) is 12.4. The van der Waals surface area contributed by atoms with Crippen molar-refractivity contribution in [1.82, 2.24) is 10.2 Å². The summed E-state index contributed by atoms with van der Waals surface area (Å²) in [6.07, 6.45) is 0.859. The standard InChI is InChI=1S/C19H25N5O2/c1-5-10-21-18(26)13-22(2)12-17(25)14(11-20)19-23(3)15-8-6-7-9-16(15)24(19)4/h6-9H,5,10,12-13H2,1-4H3,(H,21,26). The van der Waals surface area contributed by atoms with Crippen LogP contribution in [0, 0.1) is 11.3 Å². The molecule has 0 fully saturated rings. The minimum absolute atomic E-state index is 0.00393. The molecule has 1 heterocycles. The van der Waals surface area contributed by atoms with E-state index >= 15 is 0 Å². The number of ketones is 1. The summed E-state index contributed by atoms with van der Waals surface area (Å²) in [5.41, 5.74) is 1.97. The first-order valence-electron chi connectivity index (χ1n) is 8.60. The van der Waals surface area contributed by atoms with Gasteiger partial charge in [-0.3, -0.25) is 14.5 Å². The van der Waals surface area contributed by atoms with Crippen LogP contribution in [0.15, 0.2) is 35.7 Å². The van der Waals surface area contributed by atoms with Gasteiger partial charge >= 0.3 is 0 Å². The number of Topliss-reactive ketones (excluding diaryl/α,β-unsaturated/α-hetero) is 1. The molecule has 1 N–H and O–H groups in total. The Balaban J connectivity index is 2.16. The SMILES string of the molecule is CCCNC(=O)CN(C)CC(=O)C(C#N)=C1N(C)c2ccccc2N1C. The number of nitrogens with zero attached hydrogens (tertiary/aromatic N) is 4. The van der Waals surface area contributed by atoms with Gasteiger partial charge in [0.25, 0.3) is 0 Å². The van der Waals surface area contributed by atoms with Gasteiger partial charge in [-0.2, -0.15) is 5.26 Å². The van der Waals surface area contributed by atoms with Crippen molar-refractivity contribution in [3.63, 3.8) is 0 Å². The summed E-state index contributed by atoms with van der Waals surface area (Å²) in [4.78, 5) is 29.8. The van der Waals surface area contributed by atoms with E-state index in [1.165, 1.54) is 0 Å². The van der Waals surface area contributed by atoms with Gasteiger partial charge in [0.2, 0.25) is 5.91 Å². The van der Waals surface area contributed by atoms with Crippen LogP contribution in [0.3, 0.4) is 0 Å². The van der Waals surface area contributed by atoms with E-state index < -0.39 is 0 Å². The molecule has 1 aliphatic heterocycles. The molecule has 26 heavy (non-hydrogen) atoms. The summed E-state index contributed by atoms with van der Waals surface area (Å²) in [6.45, 7) is 2.71. The fourth-order valence-corrected chi connectivity index (χ4v) is 3.00. The lowest BCUT2D eigenvalue weighted by Gasteiger charge is -2.21. The molecule has 0 unspecified atom stereocenters. The predicted octanol–water partition coefficient (Wildman–Crippen LogP) is 1.33. The van der Waals surface area contributed by atoms with E-state index in [2.05, 4.69) is 11.4 Å². The number of nitriles is 1. The highest BCUT2D eigenvalue weighted by Crippen LogP contribution is 2.40. The van der Waals surface area contributed by atoms with Crippen molar-refractivity contribution in [2.24, 2.45) is 0 Å². The third-order valence-electron chi connectivity index (χ3n) is 4.25. The van der Waals surface area contributed by atoms with E-state index in [1.54, 1.807) is 11.9 Å². The molecule has 0 saturated carbocycles. The zero-order valence-corrected chi connectivity index (χ0v) is 15.7. The number of hydrogen-bond donors (Lipinski definition) is 1. The van der Waals surface area contributed by atoms with Gasteiger partial charge in [0.1, 0.15) is 17.5 Å². The van der Waals surface area contributed by atoms with E-state index in [-0.39, 0.29) is 30.4 Å². The summed E-state index contributed by atoms with van der Waals surface area (Å²) in [5.74, 6) is 0.123. The highest BCUT2D eigenvalue weighted by molar-refractivity contribution is 6.03. The number of hydrogen-bond acceptors (Lipinski definition) is 6. The number of anilines is 2. The van der Waals surface area contributed by atoms with Crippen molar-refractivity contribution >= 4 is 23.1 Å². The van der Waals surface area contributed by atoms with Gasteiger partial charge in [-0.25, -0.2) is 0 Å². The Morgan fingerprint density at radius 3 is 2.23 bits per heavy atom. The lowest BCUT2D eigenvalue weighted by Crippen LogP contribution is -2.38. The number of carbonyl (C=O) groups excluding carboxylic acids is 2. The van der Waals surface area contributed by atoms with Crippen molar-refractivity contribution in [3.8, 4) is 6.07 Å². The molecule has 1 aromatic carbocycles. The second-order valence-electron chi connectivity index (χ2n) is 6.36. The monoisotopic (exact) mass is 355 g/mol. The first-order valence-corrected chi connectivity index (χ1v) is 8.60. The van der Waals surface area contributed by atoms with E-state index in [9.17, 15) is 14.9 Å². The van der Waals surface area contributed by atoms with Gasteiger partial charge in [-0.15, -0.1) is 0 Å². The number of para-hydroxylation sites is 2. The number of benzene rings is 1. The predicted molar refractivity (Wildman–Crippen MR) is 102 cm³/mol. The molecule has 1 aliphatic rings. The lowest BCUT2D eigenvalue weighted by molar-refractivity contribution is -0.122. The van der Waals surface area contributed by atoms with Crippen molar-refractivity contribution in [1.29, 1.82) is 5.26 Å². The van der Waals surface area contributed by atoms with Crippen LogP contribution in [-0.2, 0) is 9.59 Å². The summed E-state index contributed by atoms with van der Waals surface area (Å²) in [7, 11) is 5.37. The third kappa shape index (κ3) is 4.03. The third-order valence-corrected chi connectivity index (χ3v) is 4.25. The summed E-state index contributed by atoms with van der Waals surface area (Å²) in [5, 5.41) is 12.4. The average molecular weight is 355 g/mol. The Morgan fingerprint density at radius 1 is 1.15 bits per heavy atom. The maximum atomic E-state index is 12.7. The van der Waals surface area contributed by atoms with Crippen LogP contribution in [0.5, 0.6) is 0 Å². The fraction of sp³-hybridized carbons (Fsp3) is 0.421. The molecule has 7 nitrogen and oxygen atoms in total. The first kappa shape index (κ1) is 19.5. The molecule has 7 heteroatoms. The Bertz CT molecular complexity index is 734. The largest absolute Gasteiger partial charge is 0.355 e. The molecule has 1 amide bonds. The number of amides is 1. The molecule has 0 atom stereocenters. The zero-order valence-electron chi connectivity index (χ0n) is 15.7. The van der Waals surface area contributed by atoms with E-state index in [0.717, 1.165) is 17.8 Å². The molecule has 2 rings (SSSR count). The second kappa shape index (κ2) is 8.50. The number of likely N-dealkylation sites (N-methyl/N-ethyl adjacent to an activating group) is 1. The van der Waals surface area contributed by atoms with Gasteiger partial charge < -0.3 is 15.1 Å². The van der Waals surface area contributed by atoms with Gasteiger partial charge in [0.05, 0.1) is 24.5 Å². The van der Waals surface area contributed by atoms with Gasteiger partial charge in [0, 0.05) is 20.6 Å². The van der Waals surface area contributed by atoms with Crippen molar-refractivity contribution in [2.45, 2.75) is 13.3 Å². The normalized spacial score (nSPS) is 12.8. The molecule has 0 aromatic heterocycles. The maximum Gasteiger partial charge on any atom is 0.234 e. The zero-order chi connectivity index (χ0) is 19.3. The average Bonchev–Trinajstić information content (AvgIpc) is 2.86.